The maximum atomic E-state index is 13.5. The van der Waals surface area contributed by atoms with Crippen LogP contribution in [0.2, 0.25) is 0 Å². The van der Waals surface area contributed by atoms with E-state index in [-0.39, 0.29) is 25.1 Å². The van der Waals surface area contributed by atoms with E-state index in [1.54, 1.807) is 12.1 Å². The number of thiazole rings is 1. The number of hydrogen-bond donors (Lipinski definition) is 5. The quantitative estimate of drug-likeness (QED) is 0.0597. The van der Waals surface area contributed by atoms with Crippen LogP contribution in [0, 0.1) is 19.7 Å². The SMILES string of the molecule is Cc1c(COc2ccc(CNC(CO)(CO)CO)c(OCc3nc(-c4ccc(F)cc4)cs3)c2)cccc1-c1cccc(OCCCN2CCC(O)CC2)c1C. The van der Waals surface area contributed by atoms with Crippen LogP contribution in [0.1, 0.15) is 46.5 Å². The molecule has 1 aromatic heterocycles. The number of benzene rings is 4. The Morgan fingerprint density at radius 2 is 1.54 bits per heavy atom. The van der Waals surface area contributed by atoms with Gasteiger partial charge in [0.15, 0.2) is 0 Å². The smallest absolute Gasteiger partial charge is 0.140 e. The Labute approximate surface area is 332 Å². The molecule has 0 saturated carbocycles. The molecule has 6 rings (SSSR count). The van der Waals surface area contributed by atoms with Gasteiger partial charge in [-0.05, 0) is 97.3 Å². The van der Waals surface area contributed by atoms with E-state index in [1.807, 2.05) is 41.8 Å². The van der Waals surface area contributed by atoms with Crippen LogP contribution in [0.5, 0.6) is 17.2 Å². The molecule has 0 bridgehead atoms. The molecule has 0 unspecified atom stereocenters. The van der Waals surface area contributed by atoms with Gasteiger partial charge in [-0.3, -0.25) is 0 Å². The van der Waals surface area contributed by atoms with Gasteiger partial charge in [-0.25, -0.2) is 9.37 Å². The zero-order valence-electron chi connectivity index (χ0n) is 32.0. The number of aromatic nitrogens is 1. The summed E-state index contributed by atoms with van der Waals surface area (Å²) in [7, 11) is 0. The minimum Gasteiger partial charge on any atom is -0.493 e. The molecule has 0 spiro atoms. The highest BCUT2D eigenvalue weighted by molar-refractivity contribution is 7.09. The molecule has 1 aliphatic heterocycles. The lowest BCUT2D eigenvalue weighted by Crippen LogP contribution is -2.54. The van der Waals surface area contributed by atoms with E-state index in [2.05, 4.69) is 47.2 Å². The van der Waals surface area contributed by atoms with Gasteiger partial charge in [-0.2, -0.15) is 0 Å². The topological polar surface area (TPSA) is 137 Å². The second-order valence-electron chi connectivity index (χ2n) is 14.4. The Kier molecular flexibility index (Phi) is 14.5. The van der Waals surface area contributed by atoms with Gasteiger partial charge >= 0.3 is 0 Å². The fraction of sp³-hybridized carbons (Fsp3) is 0.386. The van der Waals surface area contributed by atoms with E-state index in [9.17, 15) is 24.8 Å². The number of halogens is 1. The summed E-state index contributed by atoms with van der Waals surface area (Å²) in [5.74, 6) is 1.67. The van der Waals surface area contributed by atoms with Crippen LogP contribution in [0.15, 0.2) is 84.2 Å². The van der Waals surface area contributed by atoms with E-state index < -0.39 is 25.4 Å². The van der Waals surface area contributed by atoms with Gasteiger partial charge in [0.1, 0.15) is 41.3 Å². The van der Waals surface area contributed by atoms with Crippen LogP contribution in [0.3, 0.4) is 0 Å². The number of ether oxygens (including phenoxy) is 3. The largest absolute Gasteiger partial charge is 0.493 e. The highest BCUT2D eigenvalue weighted by Crippen LogP contribution is 2.34. The van der Waals surface area contributed by atoms with E-state index in [0.717, 1.165) is 94.3 Å². The predicted molar refractivity (Wildman–Crippen MR) is 217 cm³/mol. The lowest BCUT2D eigenvalue weighted by molar-refractivity contribution is 0.0412. The van der Waals surface area contributed by atoms with Crippen molar-refractivity contribution in [3.05, 3.63) is 117 Å². The standard InChI is InChI=1S/C44H52FN3O7S/c1-30-34(6-3-7-38(30)39-8-4-9-41(31(39)2)53-21-5-18-48-19-16-36(52)17-20-48)24-54-37-15-12-33(23-46-44(27-49,28-50)29-51)42(22-37)55-25-43-47-40(26-56-43)32-10-13-35(45)14-11-32/h3-4,6-15,22,26,36,46,49-52H,5,16-21,23-25,27-29H2,1-2H3. The van der Waals surface area contributed by atoms with Crippen LogP contribution < -0.4 is 19.5 Å². The molecule has 1 fully saturated rings. The Morgan fingerprint density at radius 3 is 2.27 bits per heavy atom. The lowest BCUT2D eigenvalue weighted by atomic mass is 9.93. The van der Waals surface area contributed by atoms with Crippen molar-refractivity contribution in [1.29, 1.82) is 0 Å². The summed E-state index contributed by atoms with van der Waals surface area (Å²) in [5, 5.41) is 45.1. The van der Waals surface area contributed by atoms with Crippen molar-refractivity contribution >= 4 is 11.3 Å². The molecule has 1 saturated heterocycles. The summed E-state index contributed by atoms with van der Waals surface area (Å²) >= 11 is 1.43. The van der Waals surface area contributed by atoms with Gasteiger partial charge in [0.25, 0.3) is 0 Å². The summed E-state index contributed by atoms with van der Waals surface area (Å²) in [6.07, 6.45) is 2.44. The number of piperidine rings is 1. The molecule has 1 aliphatic rings. The van der Waals surface area contributed by atoms with E-state index in [0.29, 0.717) is 24.7 Å². The van der Waals surface area contributed by atoms with Crippen LogP contribution >= 0.6 is 11.3 Å². The molecular weight excluding hydrogens is 734 g/mol. The minimum absolute atomic E-state index is 0.165. The number of hydrogen-bond acceptors (Lipinski definition) is 11. The molecule has 56 heavy (non-hydrogen) atoms. The number of likely N-dealkylation sites (tertiary alicyclic amines) is 1. The second-order valence-corrected chi connectivity index (χ2v) is 15.3. The summed E-state index contributed by atoms with van der Waals surface area (Å²) in [5.41, 5.74) is 6.42. The summed E-state index contributed by atoms with van der Waals surface area (Å²) < 4.78 is 32.4. The number of nitrogens with zero attached hydrogens (tertiary/aromatic N) is 2. The Hall–Kier alpha value is -4.40. The third kappa shape index (κ3) is 10.5. The lowest BCUT2D eigenvalue weighted by Gasteiger charge is -2.29. The minimum atomic E-state index is -1.27. The molecule has 298 valence electrons. The molecular formula is C44H52FN3O7S. The van der Waals surface area contributed by atoms with Crippen LogP contribution in [-0.2, 0) is 19.8 Å². The molecule has 4 aromatic carbocycles. The molecule has 0 atom stereocenters. The summed E-state index contributed by atoms with van der Waals surface area (Å²) in [6, 6.07) is 24.1. The Morgan fingerprint density at radius 1 is 0.821 bits per heavy atom. The number of rotatable bonds is 19. The second kappa shape index (κ2) is 19.6. The number of aliphatic hydroxyl groups is 4. The predicted octanol–water partition coefficient (Wildman–Crippen LogP) is 6.42. The van der Waals surface area contributed by atoms with Gasteiger partial charge in [0.05, 0.1) is 43.8 Å². The summed E-state index contributed by atoms with van der Waals surface area (Å²) in [4.78, 5) is 7.07. The zero-order chi connectivity index (χ0) is 39.5. The first-order valence-electron chi connectivity index (χ1n) is 19.1. The highest BCUT2D eigenvalue weighted by atomic mass is 32.1. The average molecular weight is 786 g/mol. The van der Waals surface area contributed by atoms with Crippen molar-refractivity contribution in [2.45, 2.75) is 64.5 Å². The first-order valence-corrected chi connectivity index (χ1v) is 20.0. The number of nitrogens with one attached hydrogen (secondary N) is 1. The highest BCUT2D eigenvalue weighted by Gasteiger charge is 2.28. The molecule has 0 aliphatic carbocycles. The molecule has 0 radical (unpaired) electrons. The average Bonchev–Trinajstić information content (AvgIpc) is 3.70. The fourth-order valence-electron chi connectivity index (χ4n) is 6.74. The Bertz CT molecular complexity index is 2000. The van der Waals surface area contributed by atoms with Gasteiger partial charge in [0, 0.05) is 48.8 Å². The van der Waals surface area contributed by atoms with Crippen molar-refractivity contribution in [2.24, 2.45) is 0 Å². The van der Waals surface area contributed by atoms with Gasteiger partial charge < -0.3 is 44.9 Å². The normalized spacial score (nSPS) is 13.9. The van der Waals surface area contributed by atoms with E-state index >= 15 is 0 Å². The van der Waals surface area contributed by atoms with Crippen molar-refractivity contribution < 1.29 is 39.0 Å². The molecule has 0 amide bonds. The first-order chi connectivity index (χ1) is 27.2. The molecule has 10 nitrogen and oxygen atoms in total. The number of aliphatic hydroxyl groups excluding tert-OH is 4. The van der Waals surface area contributed by atoms with Crippen molar-refractivity contribution in [2.75, 3.05) is 46.1 Å². The first kappa shape index (κ1) is 41.2. The van der Waals surface area contributed by atoms with Gasteiger partial charge in [0.2, 0.25) is 0 Å². The third-order valence-corrected chi connectivity index (χ3v) is 11.3. The van der Waals surface area contributed by atoms with Gasteiger partial charge in [-0.1, -0.05) is 36.4 Å². The Balaban J connectivity index is 1.14. The van der Waals surface area contributed by atoms with Crippen molar-refractivity contribution in [3.8, 4) is 39.6 Å². The summed E-state index contributed by atoms with van der Waals surface area (Å²) in [6.45, 7) is 6.97. The van der Waals surface area contributed by atoms with E-state index in [1.165, 1.54) is 23.5 Å². The molecule has 5 aromatic rings. The van der Waals surface area contributed by atoms with Crippen LogP contribution in [0.25, 0.3) is 22.4 Å². The molecule has 5 N–H and O–H groups in total. The maximum Gasteiger partial charge on any atom is 0.140 e. The fourth-order valence-corrected chi connectivity index (χ4v) is 7.46. The molecule has 12 heteroatoms. The van der Waals surface area contributed by atoms with Crippen molar-refractivity contribution in [1.82, 2.24) is 15.2 Å². The van der Waals surface area contributed by atoms with Crippen LogP contribution in [-0.4, -0.2) is 88.0 Å². The van der Waals surface area contributed by atoms with Gasteiger partial charge in [-0.15, -0.1) is 11.3 Å². The van der Waals surface area contributed by atoms with Crippen LogP contribution in [0.4, 0.5) is 4.39 Å². The van der Waals surface area contributed by atoms with Crippen molar-refractivity contribution in [3.63, 3.8) is 0 Å². The van der Waals surface area contributed by atoms with E-state index in [4.69, 9.17) is 14.2 Å². The monoisotopic (exact) mass is 785 g/mol. The maximum absolute atomic E-state index is 13.5. The zero-order valence-corrected chi connectivity index (χ0v) is 32.9. The molecule has 2 heterocycles. The third-order valence-electron chi connectivity index (χ3n) is 10.5.